The minimum absolute atomic E-state index is 0.313. The van der Waals surface area contributed by atoms with Crippen LogP contribution in [0.5, 0.6) is 0 Å². The summed E-state index contributed by atoms with van der Waals surface area (Å²) in [6.45, 7) is 3.01. The van der Waals surface area contributed by atoms with Crippen LogP contribution >= 0.6 is 0 Å². The second-order valence-electron chi connectivity index (χ2n) is 5.52. The molecule has 1 heterocycles. The van der Waals surface area contributed by atoms with E-state index in [1.807, 2.05) is 11.6 Å². The van der Waals surface area contributed by atoms with Gasteiger partial charge in [0.15, 0.2) is 0 Å². The van der Waals surface area contributed by atoms with Gasteiger partial charge in [-0.2, -0.15) is 0 Å². The van der Waals surface area contributed by atoms with Crippen molar-refractivity contribution in [2.75, 3.05) is 7.05 Å². The molecule has 0 saturated carbocycles. The molecule has 1 atom stereocenters. The molecule has 4 heteroatoms. The molecule has 0 amide bonds. The van der Waals surface area contributed by atoms with Crippen LogP contribution in [0, 0.1) is 0 Å². The monoisotopic (exact) mass is 280 g/mol. The lowest BCUT2D eigenvalue weighted by molar-refractivity contribution is 0.245. The quantitative estimate of drug-likeness (QED) is 0.736. The Morgan fingerprint density at radius 3 is 2.67 bits per heavy atom. The van der Waals surface area contributed by atoms with Gasteiger partial charge in [0.25, 0.3) is 0 Å². The highest BCUT2D eigenvalue weighted by molar-refractivity contribution is 5.86. The lowest BCUT2D eigenvalue weighted by atomic mass is 9.99. The Morgan fingerprint density at radius 1 is 1.14 bits per heavy atom. The lowest BCUT2D eigenvalue weighted by Crippen LogP contribution is -2.23. The Labute approximate surface area is 125 Å². The summed E-state index contributed by atoms with van der Waals surface area (Å²) in [5.74, 6) is 0.976. The molecule has 0 aliphatic carbocycles. The fraction of sp³-hybridized carbons (Fsp3) is 0.294. The fourth-order valence-electron chi connectivity index (χ4n) is 2.66. The van der Waals surface area contributed by atoms with Crippen molar-refractivity contribution in [1.29, 1.82) is 0 Å². The van der Waals surface area contributed by atoms with Crippen LogP contribution in [0.4, 0.5) is 0 Å². The molecule has 0 aliphatic rings. The number of benzene rings is 2. The molecular formula is C17H20N4. The minimum Gasteiger partial charge on any atom is -0.320 e. The average Bonchev–Trinajstić information content (AvgIpc) is 2.91. The molecule has 0 spiro atoms. The normalized spacial score (nSPS) is 13.0. The molecule has 108 valence electrons. The second kappa shape index (κ2) is 5.66. The standard InChI is InChI=1S/C17H20N4/c1-13(20(2)11-17-19-18-12-21(17)3)15-10-6-8-14-7-4-5-9-16(14)15/h4-10,12-13H,11H2,1-3H3. The van der Waals surface area contributed by atoms with Gasteiger partial charge >= 0.3 is 0 Å². The lowest BCUT2D eigenvalue weighted by Gasteiger charge is -2.25. The van der Waals surface area contributed by atoms with E-state index in [2.05, 4.69) is 71.5 Å². The topological polar surface area (TPSA) is 34.0 Å². The third-order valence-electron chi connectivity index (χ3n) is 4.13. The number of hydrogen-bond acceptors (Lipinski definition) is 3. The smallest absolute Gasteiger partial charge is 0.146 e. The van der Waals surface area contributed by atoms with Crippen LogP contribution in [-0.4, -0.2) is 26.7 Å². The molecule has 0 fully saturated rings. The minimum atomic E-state index is 0.313. The van der Waals surface area contributed by atoms with Crippen molar-refractivity contribution in [2.45, 2.75) is 19.5 Å². The summed E-state index contributed by atoms with van der Waals surface area (Å²) in [6, 6.07) is 15.3. The number of aryl methyl sites for hydroxylation is 1. The predicted molar refractivity (Wildman–Crippen MR) is 84.8 cm³/mol. The third kappa shape index (κ3) is 2.67. The highest BCUT2D eigenvalue weighted by Crippen LogP contribution is 2.27. The highest BCUT2D eigenvalue weighted by Gasteiger charge is 2.16. The molecule has 2 aromatic carbocycles. The Kier molecular flexibility index (Phi) is 3.71. The van der Waals surface area contributed by atoms with E-state index in [-0.39, 0.29) is 0 Å². The van der Waals surface area contributed by atoms with E-state index in [9.17, 15) is 0 Å². The van der Waals surface area contributed by atoms with E-state index in [0.29, 0.717) is 6.04 Å². The number of hydrogen-bond donors (Lipinski definition) is 0. The van der Waals surface area contributed by atoms with Crippen molar-refractivity contribution < 1.29 is 0 Å². The maximum atomic E-state index is 4.17. The van der Waals surface area contributed by atoms with Gasteiger partial charge in [0.2, 0.25) is 0 Å². The van der Waals surface area contributed by atoms with Crippen molar-refractivity contribution in [3.05, 3.63) is 60.2 Å². The van der Waals surface area contributed by atoms with Crippen molar-refractivity contribution in [2.24, 2.45) is 7.05 Å². The van der Waals surface area contributed by atoms with Gasteiger partial charge in [0, 0.05) is 13.1 Å². The number of nitrogens with zero attached hydrogens (tertiary/aromatic N) is 4. The Bertz CT molecular complexity index is 742. The van der Waals surface area contributed by atoms with Gasteiger partial charge in [-0.3, -0.25) is 4.90 Å². The van der Waals surface area contributed by atoms with E-state index in [1.165, 1.54) is 16.3 Å². The molecule has 0 saturated heterocycles. The zero-order chi connectivity index (χ0) is 14.8. The maximum Gasteiger partial charge on any atom is 0.146 e. The zero-order valence-electron chi connectivity index (χ0n) is 12.7. The van der Waals surface area contributed by atoms with Crippen molar-refractivity contribution in [3.63, 3.8) is 0 Å². The van der Waals surface area contributed by atoms with Crippen LogP contribution in [0.3, 0.4) is 0 Å². The zero-order valence-corrected chi connectivity index (χ0v) is 12.7. The molecular weight excluding hydrogens is 260 g/mol. The summed E-state index contributed by atoms with van der Waals surface area (Å²) in [4.78, 5) is 2.30. The molecule has 0 radical (unpaired) electrons. The molecule has 0 aliphatic heterocycles. The molecule has 3 rings (SSSR count). The second-order valence-corrected chi connectivity index (χ2v) is 5.52. The first-order chi connectivity index (χ1) is 10.2. The largest absolute Gasteiger partial charge is 0.320 e. The summed E-state index contributed by atoms with van der Waals surface area (Å²) in [7, 11) is 4.10. The van der Waals surface area contributed by atoms with Gasteiger partial charge in [-0.15, -0.1) is 10.2 Å². The predicted octanol–water partition coefficient (Wildman–Crippen LogP) is 3.16. The summed E-state index contributed by atoms with van der Waals surface area (Å²) in [6.07, 6.45) is 1.74. The number of fused-ring (bicyclic) bond motifs is 1. The first-order valence-corrected chi connectivity index (χ1v) is 7.17. The van der Waals surface area contributed by atoms with E-state index in [4.69, 9.17) is 0 Å². The third-order valence-corrected chi connectivity index (χ3v) is 4.13. The van der Waals surface area contributed by atoms with Gasteiger partial charge in [-0.05, 0) is 30.3 Å². The Balaban J connectivity index is 1.89. The van der Waals surface area contributed by atoms with E-state index in [0.717, 1.165) is 12.4 Å². The van der Waals surface area contributed by atoms with Gasteiger partial charge in [-0.25, -0.2) is 0 Å². The molecule has 1 aromatic heterocycles. The summed E-state index contributed by atoms with van der Waals surface area (Å²) in [5.41, 5.74) is 1.35. The molecule has 21 heavy (non-hydrogen) atoms. The number of aromatic nitrogens is 3. The molecule has 0 N–H and O–H groups in total. The Morgan fingerprint density at radius 2 is 1.90 bits per heavy atom. The van der Waals surface area contributed by atoms with E-state index in [1.54, 1.807) is 6.33 Å². The van der Waals surface area contributed by atoms with Gasteiger partial charge in [-0.1, -0.05) is 42.5 Å². The van der Waals surface area contributed by atoms with Crippen LogP contribution < -0.4 is 0 Å². The highest BCUT2D eigenvalue weighted by atomic mass is 15.3. The molecule has 1 unspecified atom stereocenters. The van der Waals surface area contributed by atoms with Crippen LogP contribution in [0.25, 0.3) is 10.8 Å². The van der Waals surface area contributed by atoms with Gasteiger partial charge in [0.05, 0.1) is 6.54 Å². The SMILES string of the molecule is CC(c1cccc2ccccc12)N(C)Cc1nncn1C. The van der Waals surface area contributed by atoms with E-state index < -0.39 is 0 Å². The van der Waals surface area contributed by atoms with Gasteiger partial charge in [0.1, 0.15) is 12.2 Å². The summed E-state index contributed by atoms with van der Waals surface area (Å²) < 4.78 is 1.96. The van der Waals surface area contributed by atoms with Crippen LogP contribution in [-0.2, 0) is 13.6 Å². The van der Waals surface area contributed by atoms with Gasteiger partial charge < -0.3 is 4.57 Å². The summed E-state index contributed by atoms with van der Waals surface area (Å²) >= 11 is 0. The number of rotatable bonds is 4. The maximum absolute atomic E-state index is 4.17. The van der Waals surface area contributed by atoms with E-state index >= 15 is 0 Å². The molecule has 3 aromatic rings. The Hall–Kier alpha value is -2.20. The summed E-state index contributed by atoms with van der Waals surface area (Å²) in [5, 5.41) is 10.7. The van der Waals surface area contributed by atoms with Crippen molar-refractivity contribution >= 4 is 10.8 Å². The van der Waals surface area contributed by atoms with Crippen molar-refractivity contribution in [3.8, 4) is 0 Å². The fourth-order valence-corrected chi connectivity index (χ4v) is 2.66. The van der Waals surface area contributed by atoms with Crippen LogP contribution in [0.2, 0.25) is 0 Å². The van der Waals surface area contributed by atoms with Crippen molar-refractivity contribution in [1.82, 2.24) is 19.7 Å². The molecule has 0 bridgehead atoms. The van der Waals surface area contributed by atoms with Crippen LogP contribution in [0.1, 0.15) is 24.4 Å². The molecule has 4 nitrogen and oxygen atoms in total. The first-order valence-electron chi connectivity index (χ1n) is 7.17. The van der Waals surface area contributed by atoms with Crippen LogP contribution in [0.15, 0.2) is 48.8 Å². The average molecular weight is 280 g/mol. The first kappa shape index (κ1) is 13.8.